The maximum absolute atomic E-state index is 6.77. The number of halogens is 1. The molecule has 0 unspecified atom stereocenters. The van der Waals surface area contributed by atoms with E-state index in [9.17, 15) is 0 Å². The third kappa shape index (κ3) is 2.57. The van der Waals surface area contributed by atoms with E-state index < -0.39 is 5.41 Å². The lowest BCUT2D eigenvalue weighted by molar-refractivity contribution is 0.769. The summed E-state index contributed by atoms with van der Waals surface area (Å²) in [5.41, 5.74) is 9.05. The Morgan fingerprint density at radius 1 is 0.600 bits per heavy atom. The fraction of sp³-hybridized carbons (Fsp3) is 0.111. The molecular weight excluding hydrogens is 388 g/mol. The Morgan fingerprint density at radius 3 is 1.70 bits per heavy atom. The molecule has 0 heterocycles. The van der Waals surface area contributed by atoms with Crippen molar-refractivity contribution in [3.63, 3.8) is 0 Å². The van der Waals surface area contributed by atoms with Crippen LogP contribution >= 0.6 is 11.6 Å². The van der Waals surface area contributed by atoms with Gasteiger partial charge in [-0.2, -0.15) is 0 Å². The van der Waals surface area contributed by atoms with Crippen molar-refractivity contribution in [2.75, 3.05) is 24.7 Å². The second-order valence-electron chi connectivity index (χ2n) is 7.61. The zero-order valence-corrected chi connectivity index (χ0v) is 17.8. The van der Waals surface area contributed by atoms with Gasteiger partial charge in [0.1, 0.15) is 0 Å². The van der Waals surface area contributed by atoms with Gasteiger partial charge in [0.25, 0.3) is 0 Å². The van der Waals surface area contributed by atoms with Crippen molar-refractivity contribution in [1.29, 1.82) is 0 Å². The van der Waals surface area contributed by atoms with Crippen molar-refractivity contribution in [3.8, 4) is 11.1 Å². The van der Waals surface area contributed by atoms with Gasteiger partial charge in [0, 0.05) is 36.1 Å². The molecule has 1 aliphatic carbocycles. The Kier molecular flexibility index (Phi) is 4.52. The number of hydrogen-bond acceptors (Lipinski definition) is 2. The van der Waals surface area contributed by atoms with Crippen molar-refractivity contribution in [1.82, 2.24) is 0 Å². The summed E-state index contributed by atoms with van der Waals surface area (Å²) >= 11 is 6.77. The molecule has 4 aromatic rings. The van der Waals surface area contributed by atoms with Crippen LogP contribution in [-0.2, 0) is 5.41 Å². The number of benzene rings is 4. The van der Waals surface area contributed by atoms with E-state index in [1.54, 1.807) is 0 Å². The molecule has 0 saturated carbocycles. The molecule has 1 aliphatic rings. The average Bonchev–Trinajstić information content (AvgIpc) is 3.11. The highest BCUT2D eigenvalue weighted by Gasteiger charge is 2.46. The summed E-state index contributed by atoms with van der Waals surface area (Å²) < 4.78 is 0. The van der Waals surface area contributed by atoms with E-state index in [1.165, 1.54) is 27.8 Å². The minimum Gasteiger partial charge on any atom is -0.388 e. The molecule has 0 spiro atoms. The third-order valence-corrected chi connectivity index (χ3v) is 6.55. The van der Waals surface area contributed by atoms with Gasteiger partial charge in [0.05, 0.1) is 5.41 Å². The van der Waals surface area contributed by atoms with E-state index in [2.05, 4.69) is 95.6 Å². The summed E-state index contributed by atoms with van der Waals surface area (Å²) in [7, 11) is 3.89. The first kappa shape index (κ1) is 18.8. The lowest BCUT2D eigenvalue weighted by Crippen LogP contribution is -2.28. The predicted octanol–water partition coefficient (Wildman–Crippen LogP) is 6.79. The number of hydrogen-bond donors (Lipinski definition) is 2. The molecule has 148 valence electrons. The zero-order chi connectivity index (χ0) is 20.7. The molecule has 3 heteroatoms. The minimum atomic E-state index is -0.421. The first-order valence-electron chi connectivity index (χ1n) is 10.2. The van der Waals surface area contributed by atoms with E-state index >= 15 is 0 Å². The van der Waals surface area contributed by atoms with Gasteiger partial charge in [0.15, 0.2) is 0 Å². The van der Waals surface area contributed by atoms with Gasteiger partial charge >= 0.3 is 0 Å². The Balaban J connectivity index is 1.90. The van der Waals surface area contributed by atoms with Gasteiger partial charge in [-0.15, -0.1) is 0 Å². The van der Waals surface area contributed by atoms with Crippen molar-refractivity contribution < 1.29 is 0 Å². The Morgan fingerprint density at radius 2 is 1.13 bits per heavy atom. The van der Waals surface area contributed by atoms with E-state index in [-0.39, 0.29) is 0 Å². The monoisotopic (exact) mass is 410 g/mol. The van der Waals surface area contributed by atoms with E-state index in [0.29, 0.717) is 0 Å². The fourth-order valence-electron chi connectivity index (χ4n) is 4.85. The quantitative estimate of drug-likeness (QED) is 0.341. The van der Waals surface area contributed by atoms with Crippen LogP contribution in [0.2, 0.25) is 5.02 Å². The molecule has 0 bridgehead atoms. The van der Waals surface area contributed by atoms with Crippen molar-refractivity contribution >= 4 is 23.0 Å². The molecule has 0 radical (unpaired) electrons. The average molecular weight is 411 g/mol. The summed E-state index contributed by atoms with van der Waals surface area (Å²) in [5, 5.41) is 7.25. The molecule has 0 atom stereocenters. The predicted molar refractivity (Wildman–Crippen MR) is 128 cm³/mol. The second-order valence-corrected chi connectivity index (χ2v) is 8.02. The molecule has 5 rings (SSSR count). The molecular formula is C27H23ClN2. The van der Waals surface area contributed by atoms with Gasteiger partial charge in [-0.05, 0) is 58.1 Å². The zero-order valence-electron chi connectivity index (χ0n) is 17.0. The molecule has 2 N–H and O–H groups in total. The van der Waals surface area contributed by atoms with Crippen LogP contribution in [0.5, 0.6) is 0 Å². The largest absolute Gasteiger partial charge is 0.388 e. The highest BCUT2D eigenvalue weighted by molar-refractivity contribution is 6.34. The first-order chi connectivity index (χ1) is 14.7. The summed E-state index contributed by atoms with van der Waals surface area (Å²) in [6.45, 7) is 0. The molecule has 0 saturated heterocycles. The van der Waals surface area contributed by atoms with Gasteiger partial charge in [-0.25, -0.2) is 0 Å². The molecule has 0 fully saturated rings. The molecule has 4 aromatic carbocycles. The summed E-state index contributed by atoms with van der Waals surface area (Å²) in [4.78, 5) is 0. The van der Waals surface area contributed by atoms with E-state index in [0.717, 1.165) is 22.0 Å². The van der Waals surface area contributed by atoms with Crippen LogP contribution in [-0.4, -0.2) is 14.1 Å². The maximum Gasteiger partial charge on any atom is 0.0714 e. The van der Waals surface area contributed by atoms with Crippen LogP contribution in [0.4, 0.5) is 11.4 Å². The highest BCUT2D eigenvalue weighted by atomic mass is 35.5. The minimum absolute atomic E-state index is 0.421. The van der Waals surface area contributed by atoms with Gasteiger partial charge in [0.2, 0.25) is 0 Å². The lowest BCUT2D eigenvalue weighted by atomic mass is 9.67. The summed E-state index contributed by atoms with van der Waals surface area (Å²) in [6.07, 6.45) is 0. The van der Waals surface area contributed by atoms with Crippen molar-refractivity contribution in [2.45, 2.75) is 5.41 Å². The van der Waals surface area contributed by atoms with Gasteiger partial charge in [-0.3, -0.25) is 0 Å². The highest BCUT2D eigenvalue weighted by Crippen LogP contribution is 2.57. The Labute approximate surface area is 182 Å². The SMILES string of the molecule is CNc1ccc(C2(c3ccc(NC)cc3)c3ccccc3-c3c(Cl)cccc32)cc1. The Bertz CT molecular complexity index is 1160. The molecule has 0 aromatic heterocycles. The van der Waals surface area contributed by atoms with Crippen LogP contribution in [0.25, 0.3) is 11.1 Å². The van der Waals surface area contributed by atoms with E-state index in [1.807, 2.05) is 20.2 Å². The normalized spacial score (nSPS) is 13.4. The first-order valence-corrected chi connectivity index (χ1v) is 10.5. The van der Waals surface area contributed by atoms with Crippen molar-refractivity contribution in [2.24, 2.45) is 0 Å². The smallest absolute Gasteiger partial charge is 0.0714 e. The van der Waals surface area contributed by atoms with Crippen LogP contribution in [0.1, 0.15) is 22.3 Å². The van der Waals surface area contributed by atoms with Gasteiger partial charge in [-0.1, -0.05) is 72.3 Å². The van der Waals surface area contributed by atoms with E-state index in [4.69, 9.17) is 11.6 Å². The molecule has 0 aliphatic heterocycles. The number of anilines is 2. The second kappa shape index (κ2) is 7.23. The van der Waals surface area contributed by atoms with Crippen LogP contribution < -0.4 is 10.6 Å². The Hall–Kier alpha value is -3.23. The fourth-order valence-corrected chi connectivity index (χ4v) is 5.12. The lowest BCUT2D eigenvalue weighted by Gasteiger charge is -2.34. The maximum atomic E-state index is 6.77. The third-order valence-electron chi connectivity index (χ3n) is 6.23. The number of nitrogens with one attached hydrogen (secondary N) is 2. The van der Waals surface area contributed by atoms with Crippen LogP contribution in [0.15, 0.2) is 91.0 Å². The number of fused-ring (bicyclic) bond motifs is 3. The van der Waals surface area contributed by atoms with Crippen LogP contribution in [0.3, 0.4) is 0 Å². The molecule has 2 nitrogen and oxygen atoms in total. The molecule has 30 heavy (non-hydrogen) atoms. The standard InChI is InChI=1S/C27H23ClN2/c1-29-20-14-10-18(11-15-20)27(19-12-16-21(30-2)17-13-19)23-7-4-3-6-22(23)26-24(27)8-5-9-25(26)28/h3-17,29-30H,1-2H3. The van der Waals surface area contributed by atoms with Crippen molar-refractivity contribution in [3.05, 3.63) is 118 Å². The topological polar surface area (TPSA) is 24.1 Å². The summed E-state index contributed by atoms with van der Waals surface area (Å²) in [6, 6.07) is 32.4. The van der Waals surface area contributed by atoms with Gasteiger partial charge < -0.3 is 10.6 Å². The number of rotatable bonds is 4. The summed E-state index contributed by atoms with van der Waals surface area (Å²) in [5.74, 6) is 0. The van der Waals surface area contributed by atoms with Crippen LogP contribution in [0, 0.1) is 0 Å². The molecule has 0 amide bonds.